The van der Waals surface area contributed by atoms with Gasteiger partial charge in [0.15, 0.2) is 0 Å². The molecule has 2 N–H and O–H groups in total. The number of aromatic nitrogens is 1. The molecule has 0 saturated carbocycles. The van der Waals surface area contributed by atoms with Gasteiger partial charge in [-0.05, 0) is 62.5 Å². The molecule has 0 atom stereocenters. The molecule has 3 nitrogen and oxygen atoms in total. The number of nitrogens with zero attached hydrogens (tertiary/aromatic N) is 1. The van der Waals surface area contributed by atoms with Gasteiger partial charge in [0.1, 0.15) is 11.5 Å². The first-order valence-electron chi connectivity index (χ1n) is 12.4. The zero-order chi connectivity index (χ0) is 28.8. The van der Waals surface area contributed by atoms with Crippen LogP contribution >= 0.6 is 0 Å². The Labute approximate surface area is 222 Å². The lowest BCUT2D eigenvalue weighted by Crippen LogP contribution is -2.21. The highest BCUT2D eigenvalue weighted by Gasteiger charge is 2.36. The Morgan fingerprint density at radius 3 is 2.24 bits per heavy atom. The number of hydrogen-bond acceptors (Lipinski definition) is 3. The largest absolute Gasteiger partial charge is 0.417 e. The molecular weight excluding hydrogens is 497 g/mol. The molecule has 0 aliphatic carbocycles. The van der Waals surface area contributed by atoms with E-state index in [0.717, 1.165) is 17.7 Å². The highest BCUT2D eigenvalue weighted by atomic mass is 19.4. The maximum Gasteiger partial charge on any atom is 0.417 e. The van der Waals surface area contributed by atoms with E-state index in [1.165, 1.54) is 20.0 Å². The molecule has 1 heterocycles. The second-order valence-electron chi connectivity index (χ2n) is 9.90. The highest BCUT2D eigenvalue weighted by molar-refractivity contribution is 5.71. The van der Waals surface area contributed by atoms with Crippen molar-refractivity contribution >= 4 is 11.3 Å². The maximum atomic E-state index is 15.5. The summed E-state index contributed by atoms with van der Waals surface area (Å²) in [5, 5.41) is 5.83. The molecule has 0 spiro atoms. The molecule has 0 aliphatic heterocycles. The second kappa shape index (κ2) is 12.4. The van der Waals surface area contributed by atoms with Crippen molar-refractivity contribution in [2.75, 3.05) is 0 Å². The third-order valence-electron chi connectivity index (χ3n) is 5.95. The van der Waals surface area contributed by atoms with Gasteiger partial charge in [0, 0.05) is 41.0 Å². The summed E-state index contributed by atoms with van der Waals surface area (Å²) in [5.41, 5.74) is -0.719. The Morgan fingerprint density at radius 2 is 1.74 bits per heavy atom. The van der Waals surface area contributed by atoms with E-state index >= 15 is 4.39 Å². The minimum absolute atomic E-state index is 0.0172. The van der Waals surface area contributed by atoms with Crippen molar-refractivity contribution in [1.29, 1.82) is 0 Å². The average molecular weight is 534 g/mol. The number of pyridine rings is 1. The van der Waals surface area contributed by atoms with Crippen molar-refractivity contribution in [3.63, 3.8) is 0 Å². The fourth-order valence-corrected chi connectivity index (χ4v) is 3.60. The van der Waals surface area contributed by atoms with Crippen molar-refractivity contribution in [3.05, 3.63) is 101 Å². The zero-order valence-corrected chi connectivity index (χ0v) is 22.8. The number of halogens is 5. The molecule has 8 heteroatoms. The lowest BCUT2D eigenvalue weighted by Gasteiger charge is -2.20. The molecule has 0 fully saturated rings. The van der Waals surface area contributed by atoms with Crippen LogP contribution in [0.2, 0.25) is 0 Å². The molecule has 0 unspecified atom stereocenters. The number of hydrogen-bond donors (Lipinski definition) is 2. The number of rotatable bonds is 11. The second-order valence-corrected chi connectivity index (χ2v) is 9.90. The van der Waals surface area contributed by atoms with Gasteiger partial charge in [0.05, 0.1) is 11.3 Å². The summed E-state index contributed by atoms with van der Waals surface area (Å²) < 4.78 is 71.2. The summed E-state index contributed by atoms with van der Waals surface area (Å²) in [6.45, 7) is 17.9. The fourth-order valence-electron chi connectivity index (χ4n) is 3.60. The Bertz CT molecular complexity index is 1210. The van der Waals surface area contributed by atoms with E-state index in [1.54, 1.807) is 31.2 Å². The van der Waals surface area contributed by atoms with Crippen LogP contribution in [-0.2, 0) is 18.4 Å². The van der Waals surface area contributed by atoms with Gasteiger partial charge < -0.3 is 10.6 Å². The van der Waals surface area contributed by atoms with Gasteiger partial charge >= 0.3 is 6.18 Å². The molecule has 1 aromatic heterocycles. The Balaban J connectivity index is 2.42. The molecule has 2 rings (SSSR count). The summed E-state index contributed by atoms with van der Waals surface area (Å²) >= 11 is 0. The van der Waals surface area contributed by atoms with Crippen LogP contribution in [-0.4, -0.2) is 4.98 Å². The molecule has 0 radical (unpaired) electrons. The summed E-state index contributed by atoms with van der Waals surface area (Å²) in [6, 6.07) is 5.29. The number of allylic oxidation sites excluding steroid dienone is 4. The van der Waals surface area contributed by atoms with Gasteiger partial charge in [0.2, 0.25) is 0 Å². The van der Waals surface area contributed by atoms with Crippen LogP contribution in [0, 0.1) is 11.7 Å². The molecule has 0 saturated heterocycles. The van der Waals surface area contributed by atoms with Crippen molar-refractivity contribution < 1.29 is 22.0 Å². The fraction of sp³-hybridized carbons (Fsp3) is 0.367. The molecular formula is C30H36F5N3. The smallest absolute Gasteiger partial charge is 0.384 e. The first kappa shape index (κ1) is 30.8. The van der Waals surface area contributed by atoms with Crippen molar-refractivity contribution in [1.82, 2.24) is 15.6 Å². The zero-order valence-electron chi connectivity index (χ0n) is 22.8. The minimum Gasteiger partial charge on any atom is -0.384 e. The van der Waals surface area contributed by atoms with E-state index in [4.69, 9.17) is 0 Å². The molecule has 1 aromatic carbocycles. The topological polar surface area (TPSA) is 37.0 Å². The van der Waals surface area contributed by atoms with Crippen molar-refractivity contribution in [2.45, 2.75) is 66.4 Å². The van der Waals surface area contributed by atoms with E-state index in [9.17, 15) is 17.6 Å². The standard InChI is InChI=1S/C30H36F5N3/c1-9-10-24(15-19(4)22-12-14-26(37-16-22)29(7,8)32)38-21(6)27-25(30(33,34)35)13-11-23(28(27)31)17-36-20(5)18(2)3/h10-16,18,36,38H,5-6,9,17H2,1-4,7-8H3/b19-15+,24-10+. The monoisotopic (exact) mass is 533 g/mol. The van der Waals surface area contributed by atoms with Crippen molar-refractivity contribution in [2.24, 2.45) is 5.92 Å². The van der Waals surface area contributed by atoms with Gasteiger partial charge in [0.25, 0.3) is 0 Å². The van der Waals surface area contributed by atoms with Gasteiger partial charge in [-0.25, -0.2) is 8.78 Å². The predicted molar refractivity (Wildman–Crippen MR) is 145 cm³/mol. The predicted octanol–water partition coefficient (Wildman–Crippen LogP) is 8.66. The maximum absolute atomic E-state index is 15.5. The van der Waals surface area contributed by atoms with E-state index in [-0.39, 0.29) is 29.4 Å². The summed E-state index contributed by atoms with van der Waals surface area (Å²) in [5.74, 6) is -0.929. The SMILES string of the molecule is C=C(NC(=C/CC)/C=C(\C)c1ccc(C(C)(C)F)nc1)c1c(C(F)(F)F)ccc(CNC(=C)C(C)C)c1F. The van der Waals surface area contributed by atoms with Crippen molar-refractivity contribution in [3.8, 4) is 0 Å². The first-order valence-corrected chi connectivity index (χ1v) is 12.4. The van der Waals surface area contributed by atoms with E-state index in [0.29, 0.717) is 23.4 Å². The Hall–Kier alpha value is -3.42. The Kier molecular flexibility index (Phi) is 10.1. The average Bonchev–Trinajstić information content (AvgIpc) is 2.81. The van der Waals surface area contributed by atoms with E-state index in [2.05, 4.69) is 28.8 Å². The van der Waals surface area contributed by atoms with Gasteiger partial charge in [-0.15, -0.1) is 0 Å². The highest BCUT2D eigenvalue weighted by Crippen LogP contribution is 2.37. The lowest BCUT2D eigenvalue weighted by atomic mass is 9.99. The van der Waals surface area contributed by atoms with Crippen LogP contribution in [0.1, 0.15) is 75.9 Å². The normalized spacial score (nSPS) is 13.1. The molecule has 0 amide bonds. The number of benzene rings is 1. The summed E-state index contributed by atoms with van der Waals surface area (Å²) in [7, 11) is 0. The van der Waals surface area contributed by atoms with Crippen LogP contribution in [0.25, 0.3) is 11.3 Å². The van der Waals surface area contributed by atoms with Gasteiger partial charge in [-0.1, -0.05) is 52.1 Å². The van der Waals surface area contributed by atoms with Crippen LogP contribution in [0.15, 0.2) is 67.2 Å². The summed E-state index contributed by atoms with van der Waals surface area (Å²) in [6.07, 6.45) is 0.762. The third-order valence-corrected chi connectivity index (χ3v) is 5.95. The molecule has 38 heavy (non-hydrogen) atoms. The molecule has 0 bridgehead atoms. The van der Waals surface area contributed by atoms with Crippen LogP contribution < -0.4 is 10.6 Å². The molecule has 206 valence electrons. The van der Waals surface area contributed by atoms with E-state index < -0.39 is 28.8 Å². The van der Waals surface area contributed by atoms with Gasteiger partial charge in [-0.2, -0.15) is 13.2 Å². The number of alkyl halides is 4. The molecule has 2 aromatic rings. The van der Waals surface area contributed by atoms with E-state index in [1.807, 2.05) is 20.8 Å². The third kappa shape index (κ3) is 8.04. The lowest BCUT2D eigenvalue weighted by molar-refractivity contribution is -0.138. The number of nitrogens with one attached hydrogen (secondary N) is 2. The van der Waals surface area contributed by atoms with Gasteiger partial charge in [-0.3, -0.25) is 4.98 Å². The Morgan fingerprint density at radius 1 is 1.08 bits per heavy atom. The van der Waals surface area contributed by atoms with Crippen LogP contribution in [0.5, 0.6) is 0 Å². The summed E-state index contributed by atoms with van der Waals surface area (Å²) in [4.78, 5) is 4.17. The quantitative estimate of drug-likeness (QED) is 0.224. The minimum atomic E-state index is -4.79. The molecule has 0 aliphatic rings. The van der Waals surface area contributed by atoms with Crippen LogP contribution in [0.4, 0.5) is 22.0 Å². The van der Waals surface area contributed by atoms with Crippen LogP contribution in [0.3, 0.4) is 0 Å². The first-order chi connectivity index (χ1) is 17.6.